The van der Waals surface area contributed by atoms with E-state index in [-0.39, 0.29) is 0 Å². The van der Waals surface area contributed by atoms with Gasteiger partial charge in [-0.3, -0.25) is 0 Å². The van der Waals surface area contributed by atoms with Crippen molar-refractivity contribution in [3.05, 3.63) is 53.2 Å². The molecular formula is C18H21N3S. The Balaban J connectivity index is 1.98. The standard InChI is InChI=1S/C18H21N3S/c1-2-13-21-17(15-9-5-3-6-10-15)14-22-18(21)20-19-16-11-7-4-8-12-16/h2-3,5-6,9-10,14H,1,4,7-8,11-13H2/b20-18-. The molecule has 0 amide bonds. The first-order valence-corrected chi connectivity index (χ1v) is 8.70. The molecule has 1 aromatic carbocycles. The third-order valence-electron chi connectivity index (χ3n) is 3.89. The van der Waals surface area contributed by atoms with Crippen molar-refractivity contribution < 1.29 is 0 Å². The molecule has 0 radical (unpaired) electrons. The maximum Gasteiger partial charge on any atom is 0.211 e. The zero-order chi connectivity index (χ0) is 15.2. The first kappa shape index (κ1) is 15.0. The summed E-state index contributed by atoms with van der Waals surface area (Å²) in [6, 6.07) is 10.4. The second kappa shape index (κ2) is 7.36. The lowest BCUT2D eigenvalue weighted by Crippen LogP contribution is -2.15. The fourth-order valence-electron chi connectivity index (χ4n) is 2.73. The minimum absolute atomic E-state index is 0.747. The molecule has 1 aliphatic rings. The van der Waals surface area contributed by atoms with Gasteiger partial charge < -0.3 is 4.57 Å². The number of thiazole rings is 1. The molecule has 0 bridgehead atoms. The van der Waals surface area contributed by atoms with Gasteiger partial charge in [0.1, 0.15) is 0 Å². The van der Waals surface area contributed by atoms with Gasteiger partial charge in [-0.1, -0.05) is 42.8 Å². The third kappa shape index (κ3) is 3.45. The predicted molar refractivity (Wildman–Crippen MR) is 94.0 cm³/mol. The molecule has 1 heterocycles. The summed E-state index contributed by atoms with van der Waals surface area (Å²) in [6.07, 6.45) is 7.93. The highest BCUT2D eigenvalue weighted by Crippen LogP contribution is 2.20. The maximum absolute atomic E-state index is 4.52. The average molecular weight is 311 g/mol. The van der Waals surface area contributed by atoms with Crippen molar-refractivity contribution in [2.45, 2.75) is 38.6 Å². The van der Waals surface area contributed by atoms with Crippen molar-refractivity contribution in [3.8, 4) is 11.3 Å². The summed E-state index contributed by atoms with van der Waals surface area (Å²) < 4.78 is 2.18. The van der Waals surface area contributed by atoms with Crippen LogP contribution in [0.5, 0.6) is 0 Å². The minimum Gasteiger partial charge on any atom is -0.311 e. The maximum atomic E-state index is 4.52. The molecule has 0 spiro atoms. The third-order valence-corrected chi connectivity index (χ3v) is 4.74. The van der Waals surface area contributed by atoms with E-state index in [1.54, 1.807) is 11.3 Å². The van der Waals surface area contributed by atoms with Gasteiger partial charge in [-0.2, -0.15) is 5.10 Å². The molecule has 0 unspecified atom stereocenters. The Morgan fingerprint density at radius 3 is 2.59 bits per heavy atom. The van der Waals surface area contributed by atoms with Gasteiger partial charge in [0.2, 0.25) is 4.80 Å². The Hall–Kier alpha value is -1.94. The highest BCUT2D eigenvalue weighted by molar-refractivity contribution is 7.07. The zero-order valence-corrected chi connectivity index (χ0v) is 13.6. The molecule has 4 heteroatoms. The predicted octanol–water partition coefficient (Wildman–Crippen LogP) is 4.62. The van der Waals surface area contributed by atoms with Crippen molar-refractivity contribution >= 4 is 17.0 Å². The minimum atomic E-state index is 0.747. The molecular weight excluding hydrogens is 290 g/mol. The first-order valence-electron chi connectivity index (χ1n) is 7.82. The number of aromatic nitrogens is 1. The highest BCUT2D eigenvalue weighted by atomic mass is 32.1. The lowest BCUT2D eigenvalue weighted by atomic mass is 9.99. The summed E-state index contributed by atoms with van der Waals surface area (Å²) in [7, 11) is 0. The summed E-state index contributed by atoms with van der Waals surface area (Å²) >= 11 is 1.64. The summed E-state index contributed by atoms with van der Waals surface area (Å²) in [6.45, 7) is 4.62. The largest absolute Gasteiger partial charge is 0.311 e. The number of allylic oxidation sites excluding steroid dienone is 1. The SMILES string of the molecule is C=CCn1c(-c2ccccc2)cs/c1=N\N=C1CCCCC1. The number of rotatable bonds is 4. The molecule has 1 saturated carbocycles. The van der Waals surface area contributed by atoms with E-state index in [1.165, 1.54) is 36.2 Å². The van der Waals surface area contributed by atoms with E-state index in [0.29, 0.717) is 0 Å². The first-order chi connectivity index (χ1) is 10.9. The highest BCUT2D eigenvalue weighted by Gasteiger charge is 2.08. The van der Waals surface area contributed by atoms with E-state index >= 15 is 0 Å². The van der Waals surface area contributed by atoms with Gasteiger partial charge in [0, 0.05) is 17.6 Å². The van der Waals surface area contributed by atoms with Gasteiger partial charge in [0.25, 0.3) is 0 Å². The lowest BCUT2D eigenvalue weighted by Gasteiger charge is -2.10. The summed E-state index contributed by atoms with van der Waals surface area (Å²) in [5, 5.41) is 11.2. The van der Waals surface area contributed by atoms with E-state index in [0.717, 1.165) is 24.2 Å². The van der Waals surface area contributed by atoms with E-state index in [1.807, 2.05) is 12.1 Å². The molecule has 22 heavy (non-hydrogen) atoms. The van der Waals surface area contributed by atoms with Crippen LogP contribution in [0.15, 0.2) is 58.6 Å². The van der Waals surface area contributed by atoms with E-state index in [2.05, 4.69) is 51.0 Å². The van der Waals surface area contributed by atoms with Crippen LogP contribution in [0.4, 0.5) is 0 Å². The molecule has 3 nitrogen and oxygen atoms in total. The molecule has 0 aliphatic heterocycles. The number of nitrogens with zero attached hydrogens (tertiary/aromatic N) is 3. The number of benzene rings is 1. The molecule has 1 aromatic heterocycles. The smallest absolute Gasteiger partial charge is 0.211 e. The molecule has 114 valence electrons. The molecule has 0 saturated heterocycles. The quantitative estimate of drug-likeness (QED) is 0.582. The van der Waals surface area contributed by atoms with Crippen LogP contribution >= 0.6 is 11.3 Å². The van der Waals surface area contributed by atoms with Crippen molar-refractivity contribution in [2.75, 3.05) is 0 Å². The second-order valence-electron chi connectivity index (χ2n) is 5.50. The van der Waals surface area contributed by atoms with Crippen molar-refractivity contribution in [2.24, 2.45) is 10.2 Å². The van der Waals surface area contributed by atoms with E-state index in [9.17, 15) is 0 Å². The summed E-state index contributed by atoms with van der Waals surface area (Å²) in [5.41, 5.74) is 3.62. The molecule has 1 fully saturated rings. The van der Waals surface area contributed by atoms with Crippen LogP contribution in [-0.2, 0) is 6.54 Å². The van der Waals surface area contributed by atoms with Gasteiger partial charge in [0.15, 0.2) is 0 Å². The monoisotopic (exact) mass is 311 g/mol. The Morgan fingerprint density at radius 1 is 1.09 bits per heavy atom. The van der Waals surface area contributed by atoms with Crippen LogP contribution in [0.2, 0.25) is 0 Å². The van der Waals surface area contributed by atoms with Crippen molar-refractivity contribution in [1.82, 2.24) is 4.57 Å². The number of hydrogen-bond acceptors (Lipinski definition) is 3. The van der Waals surface area contributed by atoms with Gasteiger partial charge >= 0.3 is 0 Å². The van der Waals surface area contributed by atoms with Gasteiger partial charge in [0.05, 0.1) is 5.69 Å². The molecule has 1 aliphatic carbocycles. The van der Waals surface area contributed by atoms with Crippen molar-refractivity contribution in [1.29, 1.82) is 0 Å². The van der Waals surface area contributed by atoms with Crippen LogP contribution in [0.1, 0.15) is 32.1 Å². The zero-order valence-electron chi connectivity index (χ0n) is 12.7. The normalized spacial score (nSPS) is 15.8. The number of hydrogen-bond donors (Lipinski definition) is 0. The Morgan fingerprint density at radius 2 is 1.86 bits per heavy atom. The van der Waals surface area contributed by atoms with Gasteiger partial charge in [-0.25, -0.2) is 0 Å². The molecule has 0 N–H and O–H groups in total. The van der Waals surface area contributed by atoms with Crippen LogP contribution in [0.3, 0.4) is 0 Å². The van der Waals surface area contributed by atoms with Crippen LogP contribution in [-0.4, -0.2) is 10.3 Å². The summed E-state index contributed by atoms with van der Waals surface area (Å²) in [4.78, 5) is 0.942. The van der Waals surface area contributed by atoms with Crippen LogP contribution in [0.25, 0.3) is 11.3 Å². The lowest BCUT2D eigenvalue weighted by molar-refractivity contribution is 0.662. The molecule has 3 rings (SSSR count). The Labute approximate surface area is 135 Å². The topological polar surface area (TPSA) is 29.6 Å². The van der Waals surface area contributed by atoms with Crippen LogP contribution < -0.4 is 4.80 Å². The average Bonchev–Trinajstić information content (AvgIpc) is 2.98. The van der Waals surface area contributed by atoms with Gasteiger partial charge in [-0.15, -0.1) is 23.0 Å². The van der Waals surface area contributed by atoms with Crippen molar-refractivity contribution in [3.63, 3.8) is 0 Å². The summed E-state index contributed by atoms with van der Waals surface area (Å²) in [5.74, 6) is 0. The Bertz CT molecular complexity index is 714. The Kier molecular flexibility index (Phi) is 5.01. The second-order valence-corrected chi connectivity index (χ2v) is 6.33. The molecule has 0 atom stereocenters. The fourth-order valence-corrected chi connectivity index (χ4v) is 3.60. The van der Waals surface area contributed by atoms with E-state index in [4.69, 9.17) is 0 Å². The molecule has 2 aromatic rings. The van der Waals surface area contributed by atoms with E-state index < -0.39 is 0 Å². The van der Waals surface area contributed by atoms with Gasteiger partial charge in [-0.05, 0) is 31.2 Å². The van der Waals surface area contributed by atoms with Crippen LogP contribution in [0, 0.1) is 0 Å². The fraction of sp³-hybridized carbons (Fsp3) is 0.333.